The molecule has 1 aromatic rings. The molecule has 0 fully saturated rings. The second-order valence-electron chi connectivity index (χ2n) is 3.26. The van der Waals surface area contributed by atoms with Crippen LogP contribution in [-0.4, -0.2) is 29.6 Å². The van der Waals surface area contributed by atoms with E-state index in [4.69, 9.17) is 10.8 Å². The SMILES string of the molecule is NC(=O)C(O)CNC(=O)c1ccc(F)c(Br)c1. The van der Waals surface area contributed by atoms with Crippen LogP contribution in [0.1, 0.15) is 10.4 Å². The van der Waals surface area contributed by atoms with Gasteiger partial charge >= 0.3 is 0 Å². The van der Waals surface area contributed by atoms with Crippen molar-refractivity contribution in [3.8, 4) is 0 Å². The van der Waals surface area contributed by atoms with Crippen LogP contribution < -0.4 is 11.1 Å². The minimum Gasteiger partial charge on any atom is -0.381 e. The summed E-state index contributed by atoms with van der Waals surface area (Å²) in [5.74, 6) is -1.95. The predicted molar refractivity (Wildman–Crippen MR) is 61.6 cm³/mol. The monoisotopic (exact) mass is 304 g/mol. The van der Waals surface area contributed by atoms with Gasteiger partial charge in [0.15, 0.2) is 0 Å². The highest BCUT2D eigenvalue weighted by Gasteiger charge is 2.13. The number of aliphatic hydroxyl groups is 1. The van der Waals surface area contributed by atoms with Crippen LogP contribution in [0.25, 0.3) is 0 Å². The molecule has 2 amide bonds. The topological polar surface area (TPSA) is 92.4 Å². The lowest BCUT2D eigenvalue weighted by molar-refractivity contribution is -0.125. The molecule has 0 aromatic heterocycles. The lowest BCUT2D eigenvalue weighted by atomic mass is 10.2. The van der Waals surface area contributed by atoms with Crippen molar-refractivity contribution in [2.24, 2.45) is 5.73 Å². The second kappa shape index (κ2) is 5.74. The van der Waals surface area contributed by atoms with Crippen molar-refractivity contribution in [2.75, 3.05) is 6.54 Å². The number of hydrogen-bond donors (Lipinski definition) is 3. The van der Waals surface area contributed by atoms with Gasteiger partial charge in [-0.1, -0.05) is 0 Å². The lowest BCUT2D eigenvalue weighted by Gasteiger charge is -2.08. The Hall–Kier alpha value is -1.47. The van der Waals surface area contributed by atoms with Gasteiger partial charge in [-0.3, -0.25) is 9.59 Å². The number of benzene rings is 1. The first-order valence-corrected chi connectivity index (χ1v) is 5.41. The third-order valence-corrected chi connectivity index (χ3v) is 2.57. The standard InChI is InChI=1S/C10H10BrFN2O3/c11-6-3-5(1-2-7(6)12)10(17)14-4-8(15)9(13)16/h1-3,8,15H,4H2,(H2,13,16)(H,14,17). The zero-order valence-corrected chi connectivity index (χ0v) is 10.2. The maximum Gasteiger partial charge on any atom is 0.251 e. The number of rotatable bonds is 4. The summed E-state index contributed by atoms with van der Waals surface area (Å²) in [6, 6.07) is 3.71. The average molecular weight is 305 g/mol. The number of nitrogens with two attached hydrogens (primary N) is 1. The van der Waals surface area contributed by atoms with E-state index in [2.05, 4.69) is 21.2 Å². The van der Waals surface area contributed by atoms with Crippen molar-refractivity contribution in [2.45, 2.75) is 6.10 Å². The van der Waals surface area contributed by atoms with Gasteiger partial charge in [0.25, 0.3) is 5.91 Å². The summed E-state index contributed by atoms with van der Waals surface area (Å²) in [6.07, 6.45) is -1.44. The molecule has 4 N–H and O–H groups in total. The van der Waals surface area contributed by atoms with Crippen LogP contribution in [0.3, 0.4) is 0 Å². The van der Waals surface area contributed by atoms with E-state index in [0.29, 0.717) is 0 Å². The fourth-order valence-corrected chi connectivity index (χ4v) is 1.41. The molecule has 0 aliphatic carbocycles. The summed E-state index contributed by atoms with van der Waals surface area (Å²) < 4.78 is 13.1. The molecular formula is C10H10BrFN2O3. The molecule has 1 aromatic carbocycles. The van der Waals surface area contributed by atoms with Gasteiger partial charge in [-0.2, -0.15) is 0 Å². The summed E-state index contributed by atoms with van der Waals surface area (Å²) >= 11 is 2.94. The number of amides is 2. The van der Waals surface area contributed by atoms with Crippen molar-refractivity contribution < 1.29 is 19.1 Å². The summed E-state index contributed by atoms with van der Waals surface area (Å²) in [5.41, 5.74) is 5.01. The molecule has 0 saturated heterocycles. The van der Waals surface area contributed by atoms with Crippen LogP contribution >= 0.6 is 15.9 Å². The molecule has 17 heavy (non-hydrogen) atoms. The van der Waals surface area contributed by atoms with E-state index in [9.17, 15) is 14.0 Å². The molecule has 92 valence electrons. The van der Waals surface area contributed by atoms with Gasteiger partial charge in [-0.25, -0.2) is 4.39 Å². The van der Waals surface area contributed by atoms with Gasteiger partial charge in [0, 0.05) is 5.56 Å². The van der Waals surface area contributed by atoms with Crippen molar-refractivity contribution >= 4 is 27.7 Å². The molecule has 0 heterocycles. The number of primary amides is 1. The normalized spacial score (nSPS) is 11.9. The Morgan fingerprint density at radius 2 is 2.18 bits per heavy atom. The lowest BCUT2D eigenvalue weighted by Crippen LogP contribution is -2.39. The third-order valence-electron chi connectivity index (χ3n) is 1.97. The van der Waals surface area contributed by atoms with E-state index in [-0.39, 0.29) is 16.6 Å². The minimum atomic E-state index is -1.44. The number of aliphatic hydroxyl groups excluding tert-OH is 1. The number of halogens is 2. The van der Waals surface area contributed by atoms with Crippen molar-refractivity contribution in [1.29, 1.82) is 0 Å². The number of nitrogens with one attached hydrogen (secondary N) is 1. The van der Waals surface area contributed by atoms with Crippen LogP contribution in [-0.2, 0) is 4.79 Å². The molecule has 7 heteroatoms. The molecule has 0 bridgehead atoms. The number of carbonyl (C=O) groups excluding carboxylic acids is 2. The van der Waals surface area contributed by atoms with E-state index in [1.54, 1.807) is 0 Å². The van der Waals surface area contributed by atoms with Crippen molar-refractivity contribution in [3.05, 3.63) is 34.1 Å². The molecule has 0 spiro atoms. The first-order chi connectivity index (χ1) is 7.91. The van der Waals surface area contributed by atoms with Crippen LogP contribution in [0, 0.1) is 5.82 Å². The Kier molecular flexibility index (Phi) is 4.59. The van der Waals surface area contributed by atoms with Crippen LogP contribution in [0.15, 0.2) is 22.7 Å². The highest BCUT2D eigenvalue weighted by Crippen LogP contribution is 2.16. The molecule has 1 atom stereocenters. The zero-order valence-electron chi connectivity index (χ0n) is 8.61. The summed E-state index contributed by atoms with van der Waals surface area (Å²) in [7, 11) is 0. The summed E-state index contributed by atoms with van der Waals surface area (Å²) in [4.78, 5) is 22.0. The van der Waals surface area contributed by atoms with Gasteiger partial charge in [-0.15, -0.1) is 0 Å². The molecule has 0 aliphatic rings. The van der Waals surface area contributed by atoms with Gasteiger partial charge in [0.1, 0.15) is 11.9 Å². The third kappa shape index (κ3) is 3.79. The van der Waals surface area contributed by atoms with Crippen LogP contribution in [0.2, 0.25) is 0 Å². The minimum absolute atomic E-state index is 0.153. The quantitative estimate of drug-likeness (QED) is 0.740. The zero-order chi connectivity index (χ0) is 13.0. The van der Waals surface area contributed by atoms with Crippen molar-refractivity contribution in [1.82, 2.24) is 5.32 Å². The Morgan fingerprint density at radius 3 is 2.71 bits per heavy atom. The van der Waals surface area contributed by atoms with Crippen molar-refractivity contribution in [3.63, 3.8) is 0 Å². The van der Waals surface area contributed by atoms with Gasteiger partial charge in [0.05, 0.1) is 11.0 Å². The number of hydrogen-bond acceptors (Lipinski definition) is 3. The van der Waals surface area contributed by atoms with E-state index >= 15 is 0 Å². The Bertz CT molecular complexity index is 453. The Labute approximate surface area is 105 Å². The predicted octanol–water partition coefficient (Wildman–Crippen LogP) is 0.164. The highest BCUT2D eigenvalue weighted by molar-refractivity contribution is 9.10. The fourth-order valence-electron chi connectivity index (χ4n) is 1.03. The summed E-state index contributed by atoms with van der Waals surface area (Å²) in [6.45, 7) is -0.289. The maximum absolute atomic E-state index is 12.9. The molecule has 0 radical (unpaired) electrons. The fraction of sp³-hybridized carbons (Fsp3) is 0.200. The first-order valence-electron chi connectivity index (χ1n) is 4.62. The molecule has 1 unspecified atom stereocenters. The highest BCUT2D eigenvalue weighted by atomic mass is 79.9. The van der Waals surface area contributed by atoms with E-state index in [1.807, 2.05) is 0 Å². The first kappa shape index (κ1) is 13.6. The molecular weight excluding hydrogens is 295 g/mol. The van der Waals surface area contributed by atoms with Gasteiger partial charge in [0.2, 0.25) is 5.91 Å². The average Bonchev–Trinajstić information content (AvgIpc) is 2.28. The largest absolute Gasteiger partial charge is 0.381 e. The maximum atomic E-state index is 12.9. The molecule has 5 nitrogen and oxygen atoms in total. The molecule has 0 saturated carbocycles. The number of carbonyl (C=O) groups is 2. The van der Waals surface area contributed by atoms with Crippen LogP contribution in [0.5, 0.6) is 0 Å². The Morgan fingerprint density at radius 1 is 1.53 bits per heavy atom. The second-order valence-corrected chi connectivity index (χ2v) is 4.11. The van der Waals surface area contributed by atoms with E-state index in [1.165, 1.54) is 12.1 Å². The molecule has 0 aliphatic heterocycles. The van der Waals surface area contributed by atoms with E-state index < -0.39 is 23.7 Å². The van der Waals surface area contributed by atoms with Gasteiger partial charge in [-0.05, 0) is 34.1 Å². The molecule has 1 rings (SSSR count). The van der Waals surface area contributed by atoms with Crippen LogP contribution in [0.4, 0.5) is 4.39 Å². The van der Waals surface area contributed by atoms with E-state index in [0.717, 1.165) is 6.07 Å². The Balaban J connectivity index is 2.64. The summed E-state index contributed by atoms with van der Waals surface area (Å²) in [5, 5.41) is 11.4. The van der Waals surface area contributed by atoms with Gasteiger partial charge < -0.3 is 16.2 Å². The smallest absolute Gasteiger partial charge is 0.251 e.